The van der Waals surface area contributed by atoms with Crippen molar-refractivity contribution < 1.29 is 9.72 Å². The van der Waals surface area contributed by atoms with Crippen LogP contribution in [0.3, 0.4) is 0 Å². The topological polar surface area (TPSA) is 111 Å². The van der Waals surface area contributed by atoms with E-state index in [9.17, 15) is 20.2 Å². The SMILES string of the molecule is N#C/C(=C/Nc1ccc(N2CCCCC2)cc1)C(=O)Nc1cc([N+](=O)[O-])ccc1Cl. The van der Waals surface area contributed by atoms with Gasteiger partial charge in [0.15, 0.2) is 0 Å². The third kappa shape index (κ3) is 5.27. The van der Waals surface area contributed by atoms with Gasteiger partial charge in [0.2, 0.25) is 0 Å². The Hall–Kier alpha value is -3.57. The number of hydrogen-bond donors (Lipinski definition) is 2. The summed E-state index contributed by atoms with van der Waals surface area (Å²) in [5, 5.41) is 25.7. The molecule has 1 aliphatic rings. The Morgan fingerprint density at radius 1 is 1.17 bits per heavy atom. The van der Waals surface area contributed by atoms with Crippen LogP contribution >= 0.6 is 11.6 Å². The number of anilines is 3. The van der Waals surface area contributed by atoms with E-state index in [2.05, 4.69) is 15.5 Å². The molecule has 0 radical (unpaired) electrons. The number of carbonyl (C=O) groups is 1. The standard InChI is InChI=1S/C21H20ClN5O3/c22-19-9-8-18(27(29)30)12-20(19)25-21(28)15(13-23)14-24-16-4-6-17(7-5-16)26-10-2-1-3-11-26/h4-9,12,14,24H,1-3,10-11H2,(H,25,28)/b15-14-. The van der Waals surface area contributed by atoms with Crippen molar-refractivity contribution in [2.24, 2.45) is 0 Å². The molecule has 3 rings (SSSR count). The van der Waals surface area contributed by atoms with E-state index in [0.29, 0.717) is 0 Å². The van der Waals surface area contributed by atoms with E-state index >= 15 is 0 Å². The van der Waals surface area contributed by atoms with Crippen LogP contribution in [-0.2, 0) is 4.79 Å². The van der Waals surface area contributed by atoms with Gasteiger partial charge in [0.25, 0.3) is 11.6 Å². The van der Waals surface area contributed by atoms with Gasteiger partial charge in [-0.3, -0.25) is 14.9 Å². The minimum absolute atomic E-state index is 0.0582. The maximum absolute atomic E-state index is 12.4. The summed E-state index contributed by atoms with van der Waals surface area (Å²) in [6.07, 6.45) is 4.94. The highest BCUT2D eigenvalue weighted by Gasteiger charge is 2.15. The molecule has 1 aliphatic heterocycles. The molecule has 1 heterocycles. The van der Waals surface area contributed by atoms with E-state index in [4.69, 9.17) is 11.6 Å². The smallest absolute Gasteiger partial charge is 0.271 e. The highest BCUT2D eigenvalue weighted by Crippen LogP contribution is 2.27. The normalized spacial score (nSPS) is 14.0. The van der Waals surface area contributed by atoms with Crippen molar-refractivity contribution in [3.63, 3.8) is 0 Å². The van der Waals surface area contributed by atoms with Gasteiger partial charge in [0.1, 0.15) is 11.6 Å². The van der Waals surface area contributed by atoms with Crippen LogP contribution in [0.15, 0.2) is 54.2 Å². The minimum atomic E-state index is -0.725. The lowest BCUT2D eigenvalue weighted by molar-refractivity contribution is -0.384. The molecule has 0 spiro atoms. The van der Waals surface area contributed by atoms with Gasteiger partial charge in [0.05, 0.1) is 15.6 Å². The molecule has 2 N–H and O–H groups in total. The Morgan fingerprint density at radius 2 is 1.87 bits per heavy atom. The highest BCUT2D eigenvalue weighted by molar-refractivity contribution is 6.34. The van der Waals surface area contributed by atoms with Gasteiger partial charge in [-0.15, -0.1) is 0 Å². The van der Waals surface area contributed by atoms with Gasteiger partial charge >= 0.3 is 0 Å². The molecule has 0 aromatic heterocycles. The van der Waals surface area contributed by atoms with Crippen molar-refractivity contribution in [3.8, 4) is 6.07 Å². The number of carbonyl (C=O) groups excluding carboxylic acids is 1. The van der Waals surface area contributed by atoms with Gasteiger partial charge in [-0.2, -0.15) is 5.26 Å². The number of piperidine rings is 1. The molecule has 2 aromatic carbocycles. The number of hydrogen-bond acceptors (Lipinski definition) is 6. The molecular weight excluding hydrogens is 406 g/mol. The molecule has 1 fully saturated rings. The molecule has 1 amide bonds. The largest absolute Gasteiger partial charge is 0.372 e. The number of rotatable bonds is 6. The molecule has 0 atom stereocenters. The molecule has 9 heteroatoms. The maximum atomic E-state index is 12.4. The second kappa shape index (κ2) is 9.76. The van der Waals surface area contributed by atoms with Crippen LogP contribution in [0.2, 0.25) is 5.02 Å². The van der Waals surface area contributed by atoms with E-state index in [1.165, 1.54) is 37.6 Å². The molecule has 30 heavy (non-hydrogen) atoms. The van der Waals surface area contributed by atoms with E-state index < -0.39 is 10.8 Å². The Morgan fingerprint density at radius 3 is 2.50 bits per heavy atom. The van der Waals surface area contributed by atoms with Crippen molar-refractivity contribution in [2.75, 3.05) is 28.6 Å². The molecule has 2 aromatic rings. The maximum Gasteiger partial charge on any atom is 0.271 e. The molecule has 0 unspecified atom stereocenters. The molecule has 0 aliphatic carbocycles. The van der Waals surface area contributed by atoms with Crippen molar-refractivity contribution in [1.82, 2.24) is 0 Å². The summed E-state index contributed by atoms with van der Waals surface area (Å²) in [5.74, 6) is -0.725. The zero-order valence-electron chi connectivity index (χ0n) is 16.1. The van der Waals surface area contributed by atoms with Gasteiger partial charge < -0.3 is 15.5 Å². The van der Waals surface area contributed by atoms with E-state index in [0.717, 1.165) is 30.5 Å². The van der Waals surface area contributed by atoms with E-state index in [1.54, 1.807) is 0 Å². The number of benzene rings is 2. The number of nitriles is 1. The predicted octanol–water partition coefficient (Wildman–Crippen LogP) is 4.70. The predicted molar refractivity (Wildman–Crippen MR) is 117 cm³/mol. The van der Waals surface area contributed by atoms with Crippen LogP contribution in [-0.4, -0.2) is 23.9 Å². The van der Waals surface area contributed by atoms with Crippen LogP contribution in [0.4, 0.5) is 22.7 Å². The molecule has 1 saturated heterocycles. The zero-order valence-corrected chi connectivity index (χ0v) is 16.9. The summed E-state index contributed by atoms with van der Waals surface area (Å²) >= 11 is 5.99. The van der Waals surface area contributed by atoms with Crippen LogP contribution in [0, 0.1) is 21.4 Å². The van der Waals surface area contributed by atoms with Crippen LogP contribution in [0.1, 0.15) is 19.3 Å². The number of nitrogens with zero attached hydrogens (tertiary/aromatic N) is 3. The number of nitrogens with one attached hydrogen (secondary N) is 2. The molecule has 0 saturated carbocycles. The summed E-state index contributed by atoms with van der Waals surface area (Å²) in [7, 11) is 0. The van der Waals surface area contributed by atoms with Crippen LogP contribution in [0.5, 0.6) is 0 Å². The summed E-state index contributed by atoms with van der Waals surface area (Å²) < 4.78 is 0. The average molecular weight is 426 g/mol. The number of halogens is 1. The van der Waals surface area contributed by atoms with E-state index in [1.807, 2.05) is 30.3 Å². The molecule has 0 bridgehead atoms. The number of nitro benzene ring substituents is 1. The highest BCUT2D eigenvalue weighted by atomic mass is 35.5. The Kier molecular flexibility index (Phi) is 6.88. The second-order valence-electron chi connectivity index (χ2n) is 6.78. The third-order valence-electron chi connectivity index (χ3n) is 4.75. The lowest BCUT2D eigenvalue weighted by atomic mass is 10.1. The third-order valence-corrected chi connectivity index (χ3v) is 5.08. The van der Waals surface area contributed by atoms with E-state index in [-0.39, 0.29) is 22.0 Å². The average Bonchev–Trinajstić information content (AvgIpc) is 2.76. The first-order valence-electron chi connectivity index (χ1n) is 9.45. The minimum Gasteiger partial charge on any atom is -0.372 e. The molecule has 154 valence electrons. The molecule has 8 nitrogen and oxygen atoms in total. The quantitative estimate of drug-likeness (QED) is 0.300. The number of nitro groups is 1. The fraction of sp³-hybridized carbons (Fsp3) is 0.238. The molecular formula is C21H20ClN5O3. The van der Waals surface area contributed by atoms with Crippen molar-refractivity contribution in [2.45, 2.75) is 19.3 Å². The van der Waals surface area contributed by atoms with Crippen molar-refractivity contribution >= 4 is 40.3 Å². The van der Waals surface area contributed by atoms with Crippen molar-refractivity contribution in [1.29, 1.82) is 5.26 Å². The van der Waals surface area contributed by atoms with Gasteiger partial charge in [0, 0.05) is 42.8 Å². The lowest BCUT2D eigenvalue weighted by Gasteiger charge is -2.28. The number of amides is 1. The Balaban J connectivity index is 1.67. The zero-order chi connectivity index (χ0) is 21.5. The Labute approximate surface area is 178 Å². The van der Waals surface area contributed by atoms with Crippen molar-refractivity contribution in [3.05, 3.63) is 69.4 Å². The fourth-order valence-electron chi connectivity index (χ4n) is 3.14. The summed E-state index contributed by atoms with van der Waals surface area (Å²) in [6, 6.07) is 13.2. The Bertz CT molecular complexity index is 1010. The number of non-ortho nitro benzene ring substituents is 1. The van der Waals surface area contributed by atoms with Crippen LogP contribution in [0.25, 0.3) is 0 Å². The monoisotopic (exact) mass is 425 g/mol. The lowest BCUT2D eigenvalue weighted by Crippen LogP contribution is -2.29. The van der Waals surface area contributed by atoms with Gasteiger partial charge in [-0.25, -0.2) is 0 Å². The summed E-state index contributed by atoms with van der Waals surface area (Å²) in [6.45, 7) is 2.09. The first kappa shape index (κ1) is 21.1. The van der Waals surface area contributed by atoms with Crippen LogP contribution < -0.4 is 15.5 Å². The summed E-state index contributed by atoms with van der Waals surface area (Å²) in [5.41, 5.74) is 1.51. The first-order valence-corrected chi connectivity index (χ1v) is 9.83. The fourth-order valence-corrected chi connectivity index (χ4v) is 3.30. The summed E-state index contributed by atoms with van der Waals surface area (Å²) in [4.78, 5) is 25.0. The second-order valence-corrected chi connectivity index (χ2v) is 7.19. The van der Waals surface area contributed by atoms with Gasteiger partial charge in [-0.05, 0) is 49.6 Å². The first-order chi connectivity index (χ1) is 14.5. The van der Waals surface area contributed by atoms with Gasteiger partial charge in [-0.1, -0.05) is 11.6 Å².